The van der Waals surface area contributed by atoms with Crippen molar-refractivity contribution in [2.45, 2.75) is 25.5 Å². The Hall–Kier alpha value is -0.180. The van der Waals surface area contributed by atoms with Crippen molar-refractivity contribution < 1.29 is 4.79 Å². The van der Waals surface area contributed by atoms with Crippen LogP contribution in [0.5, 0.6) is 0 Å². The zero-order valence-corrected chi connectivity index (χ0v) is 6.90. The molecule has 54 valence electrons. The van der Waals surface area contributed by atoms with E-state index in [2.05, 4.69) is 12.6 Å². The van der Waals surface area contributed by atoms with Crippen LogP contribution in [0.1, 0.15) is 20.8 Å². The van der Waals surface area contributed by atoms with Gasteiger partial charge in [0.05, 0.1) is 0 Å². The molecule has 0 aromatic heterocycles. The Labute approximate surface area is 61.2 Å². The third-order valence-electron chi connectivity index (χ3n) is 1.49. The highest BCUT2D eigenvalue weighted by Gasteiger charge is 2.25. The molecule has 0 heterocycles. The highest BCUT2D eigenvalue weighted by molar-refractivity contribution is 7.81. The first-order valence-electron chi connectivity index (χ1n) is 2.87. The standard InChI is InChI=1S/C6H13NOS/c1-4(5(7)8)6(2,3)9/h4,9H,1-3H3,(H2,7,8). The van der Waals surface area contributed by atoms with E-state index in [9.17, 15) is 4.79 Å². The molecule has 3 heteroatoms. The fraction of sp³-hybridized carbons (Fsp3) is 0.833. The molecule has 0 aromatic carbocycles. The number of amides is 1. The Morgan fingerprint density at radius 2 is 2.00 bits per heavy atom. The maximum atomic E-state index is 10.5. The molecule has 0 bridgehead atoms. The minimum atomic E-state index is -0.300. The summed E-state index contributed by atoms with van der Waals surface area (Å²) in [5.74, 6) is -0.476. The van der Waals surface area contributed by atoms with Crippen LogP contribution in [0.4, 0.5) is 0 Å². The Bertz CT molecular complexity index is 117. The summed E-state index contributed by atoms with van der Waals surface area (Å²) >= 11 is 4.19. The van der Waals surface area contributed by atoms with Gasteiger partial charge in [-0.3, -0.25) is 4.79 Å². The summed E-state index contributed by atoms with van der Waals surface area (Å²) in [5.41, 5.74) is 5.03. The first kappa shape index (κ1) is 8.82. The lowest BCUT2D eigenvalue weighted by molar-refractivity contribution is -0.121. The Morgan fingerprint density at radius 1 is 1.67 bits per heavy atom. The minimum Gasteiger partial charge on any atom is -0.369 e. The molecule has 0 aromatic rings. The fourth-order valence-electron chi connectivity index (χ4n) is 0.348. The van der Waals surface area contributed by atoms with E-state index in [4.69, 9.17) is 5.73 Å². The van der Waals surface area contributed by atoms with Crippen molar-refractivity contribution in [3.05, 3.63) is 0 Å². The van der Waals surface area contributed by atoms with Gasteiger partial charge in [-0.1, -0.05) is 20.8 Å². The molecule has 2 nitrogen and oxygen atoms in total. The lowest BCUT2D eigenvalue weighted by atomic mass is 9.97. The monoisotopic (exact) mass is 147 g/mol. The van der Waals surface area contributed by atoms with Gasteiger partial charge in [0, 0.05) is 10.7 Å². The van der Waals surface area contributed by atoms with Gasteiger partial charge < -0.3 is 5.73 Å². The van der Waals surface area contributed by atoms with Gasteiger partial charge in [-0.15, -0.1) is 0 Å². The van der Waals surface area contributed by atoms with E-state index in [0.29, 0.717) is 0 Å². The Kier molecular flexibility index (Phi) is 2.55. The van der Waals surface area contributed by atoms with Crippen molar-refractivity contribution in [3.63, 3.8) is 0 Å². The van der Waals surface area contributed by atoms with Gasteiger partial charge in [0.25, 0.3) is 0 Å². The molecule has 9 heavy (non-hydrogen) atoms. The molecule has 0 aliphatic rings. The largest absolute Gasteiger partial charge is 0.369 e. The van der Waals surface area contributed by atoms with Gasteiger partial charge in [0.2, 0.25) is 5.91 Å². The fourth-order valence-corrected chi connectivity index (χ4v) is 0.475. The van der Waals surface area contributed by atoms with E-state index >= 15 is 0 Å². The smallest absolute Gasteiger partial charge is 0.221 e. The van der Waals surface area contributed by atoms with Crippen LogP contribution < -0.4 is 5.73 Å². The van der Waals surface area contributed by atoms with E-state index < -0.39 is 0 Å². The van der Waals surface area contributed by atoms with E-state index in [1.807, 2.05) is 13.8 Å². The summed E-state index contributed by atoms with van der Waals surface area (Å²) in [6.45, 7) is 5.51. The number of rotatable bonds is 2. The second-order valence-corrected chi connectivity index (χ2v) is 3.93. The van der Waals surface area contributed by atoms with Gasteiger partial charge >= 0.3 is 0 Å². The Morgan fingerprint density at radius 3 is 2.00 bits per heavy atom. The highest BCUT2D eigenvalue weighted by atomic mass is 32.1. The second-order valence-electron chi connectivity index (χ2n) is 2.78. The van der Waals surface area contributed by atoms with Crippen molar-refractivity contribution >= 4 is 18.5 Å². The summed E-state index contributed by atoms with van der Waals surface area (Å²) in [7, 11) is 0. The van der Waals surface area contributed by atoms with E-state index in [1.54, 1.807) is 6.92 Å². The van der Waals surface area contributed by atoms with Crippen LogP contribution in [-0.4, -0.2) is 10.7 Å². The number of thiol groups is 1. The van der Waals surface area contributed by atoms with Crippen LogP contribution in [0.3, 0.4) is 0 Å². The maximum absolute atomic E-state index is 10.5. The SMILES string of the molecule is CC(C(N)=O)C(C)(C)S. The van der Waals surface area contributed by atoms with Gasteiger partial charge in [0.15, 0.2) is 0 Å². The average molecular weight is 147 g/mol. The predicted octanol–water partition coefficient (Wildman–Crippen LogP) is 0.816. The summed E-state index contributed by atoms with van der Waals surface area (Å²) < 4.78 is -0.300. The number of primary amides is 1. The zero-order chi connectivity index (χ0) is 7.65. The quantitative estimate of drug-likeness (QED) is 0.558. The van der Waals surface area contributed by atoms with Crippen molar-refractivity contribution in [3.8, 4) is 0 Å². The number of hydrogen-bond donors (Lipinski definition) is 2. The van der Waals surface area contributed by atoms with Crippen molar-refractivity contribution in [2.75, 3.05) is 0 Å². The number of hydrogen-bond acceptors (Lipinski definition) is 2. The Balaban J connectivity index is 4.04. The molecule has 1 unspecified atom stereocenters. The summed E-state index contributed by atoms with van der Waals surface area (Å²) in [6.07, 6.45) is 0. The molecule has 0 spiro atoms. The minimum absolute atomic E-state index is 0.180. The van der Waals surface area contributed by atoms with Gasteiger partial charge in [-0.05, 0) is 0 Å². The molecule has 1 atom stereocenters. The molecule has 1 amide bonds. The molecule has 0 fully saturated rings. The molecule has 0 rings (SSSR count). The molecule has 2 N–H and O–H groups in total. The van der Waals surface area contributed by atoms with Crippen LogP contribution in [0, 0.1) is 5.92 Å². The molecular weight excluding hydrogens is 134 g/mol. The average Bonchev–Trinajstić information content (AvgIpc) is 1.62. The lowest BCUT2D eigenvalue weighted by Gasteiger charge is -2.22. The highest BCUT2D eigenvalue weighted by Crippen LogP contribution is 2.22. The third kappa shape index (κ3) is 2.75. The summed E-state index contributed by atoms with van der Waals surface area (Å²) in [5, 5.41) is 0. The van der Waals surface area contributed by atoms with Gasteiger partial charge in [-0.2, -0.15) is 12.6 Å². The van der Waals surface area contributed by atoms with Crippen LogP contribution in [0.25, 0.3) is 0 Å². The van der Waals surface area contributed by atoms with Gasteiger partial charge in [0.1, 0.15) is 0 Å². The van der Waals surface area contributed by atoms with E-state index in [0.717, 1.165) is 0 Å². The van der Waals surface area contributed by atoms with Crippen LogP contribution >= 0.6 is 12.6 Å². The number of carbonyl (C=O) groups excluding carboxylic acids is 1. The summed E-state index contributed by atoms with van der Waals surface area (Å²) in [6, 6.07) is 0. The van der Waals surface area contributed by atoms with Crippen molar-refractivity contribution in [1.29, 1.82) is 0 Å². The van der Waals surface area contributed by atoms with Crippen LogP contribution in [0.15, 0.2) is 0 Å². The molecule has 0 aliphatic heterocycles. The lowest BCUT2D eigenvalue weighted by Crippen LogP contribution is -2.34. The number of carbonyl (C=O) groups is 1. The van der Waals surface area contributed by atoms with E-state index in [1.165, 1.54) is 0 Å². The molecule has 0 aliphatic carbocycles. The molecule has 0 saturated heterocycles. The van der Waals surface area contributed by atoms with Gasteiger partial charge in [-0.25, -0.2) is 0 Å². The topological polar surface area (TPSA) is 43.1 Å². The summed E-state index contributed by atoms with van der Waals surface area (Å²) in [4.78, 5) is 10.5. The first-order chi connectivity index (χ1) is 3.85. The van der Waals surface area contributed by atoms with Crippen LogP contribution in [-0.2, 0) is 4.79 Å². The first-order valence-corrected chi connectivity index (χ1v) is 3.32. The van der Waals surface area contributed by atoms with Crippen molar-refractivity contribution in [1.82, 2.24) is 0 Å². The third-order valence-corrected chi connectivity index (χ3v) is 1.87. The normalized spacial score (nSPS) is 15.1. The maximum Gasteiger partial charge on any atom is 0.221 e. The van der Waals surface area contributed by atoms with Crippen molar-refractivity contribution in [2.24, 2.45) is 11.7 Å². The molecule has 0 saturated carbocycles. The predicted molar refractivity (Wildman–Crippen MR) is 41.4 cm³/mol. The molecular formula is C6H13NOS. The zero-order valence-electron chi connectivity index (χ0n) is 6.01. The van der Waals surface area contributed by atoms with E-state index in [-0.39, 0.29) is 16.6 Å². The molecule has 0 radical (unpaired) electrons. The van der Waals surface area contributed by atoms with Crippen LogP contribution in [0.2, 0.25) is 0 Å². The second kappa shape index (κ2) is 2.60. The number of nitrogens with two attached hydrogens (primary N) is 1.